The Morgan fingerprint density at radius 3 is 2.58 bits per heavy atom. The Morgan fingerprint density at radius 1 is 1.23 bits per heavy atom. The van der Waals surface area contributed by atoms with Crippen molar-refractivity contribution in [3.8, 4) is 41.0 Å². The molecule has 2 N–H and O–H groups in total. The predicted octanol–water partition coefficient (Wildman–Crippen LogP) is 3.72. The molecule has 3 aromatic rings. The molecule has 158 valence electrons. The zero-order chi connectivity index (χ0) is 22.2. The van der Waals surface area contributed by atoms with E-state index in [4.69, 9.17) is 20.6 Å². The number of benzene rings is 2. The Labute approximate surface area is 183 Å². The van der Waals surface area contributed by atoms with Crippen LogP contribution in [-0.4, -0.2) is 47.1 Å². The van der Waals surface area contributed by atoms with Crippen molar-refractivity contribution in [2.24, 2.45) is 0 Å². The number of carboxylic acid groups (broad SMARTS) is 1. The molecule has 0 aliphatic rings. The van der Waals surface area contributed by atoms with Gasteiger partial charge in [0.2, 0.25) is 5.16 Å². The molecule has 0 saturated heterocycles. The third kappa shape index (κ3) is 5.58. The number of rotatable bonds is 9. The highest BCUT2D eigenvalue weighted by atomic mass is 32.2. The van der Waals surface area contributed by atoms with Crippen LogP contribution in [0.15, 0.2) is 52.5 Å². The molecule has 0 radical (unpaired) electrons. The first kappa shape index (κ1) is 21.8. The average Bonchev–Trinajstić information content (AvgIpc) is 3.26. The van der Waals surface area contributed by atoms with Crippen LogP contribution < -0.4 is 14.2 Å². The van der Waals surface area contributed by atoms with Gasteiger partial charge in [0, 0.05) is 17.2 Å². The Hall–Kier alpha value is -3.90. The summed E-state index contributed by atoms with van der Waals surface area (Å²) in [5, 5.41) is 16.8. The lowest BCUT2D eigenvalue weighted by Crippen LogP contribution is -1.99. The van der Waals surface area contributed by atoms with Crippen LogP contribution in [0.25, 0.3) is 17.5 Å². The summed E-state index contributed by atoms with van der Waals surface area (Å²) in [6, 6.07) is 12.3. The average molecular weight is 437 g/mol. The van der Waals surface area contributed by atoms with Gasteiger partial charge in [-0.1, -0.05) is 24.1 Å². The molecule has 1 aromatic heterocycles. The fourth-order valence-corrected chi connectivity index (χ4v) is 3.29. The van der Waals surface area contributed by atoms with E-state index in [1.807, 2.05) is 0 Å². The second-order valence-corrected chi connectivity index (χ2v) is 7.02. The molecule has 2 aromatic carbocycles. The van der Waals surface area contributed by atoms with E-state index in [0.29, 0.717) is 34.2 Å². The number of nitrogens with one attached hydrogen (secondary N) is 1. The minimum Gasteiger partial charge on any atom is -0.497 e. The molecule has 0 fully saturated rings. The van der Waals surface area contributed by atoms with Crippen LogP contribution in [0, 0.1) is 12.3 Å². The third-order valence-corrected chi connectivity index (χ3v) is 4.90. The minimum atomic E-state index is -1.12. The molecular weight excluding hydrogens is 418 g/mol. The van der Waals surface area contributed by atoms with Crippen LogP contribution >= 0.6 is 11.8 Å². The minimum absolute atomic E-state index is 0.0190. The molecule has 0 unspecified atom stereocenters. The van der Waals surface area contributed by atoms with Gasteiger partial charge in [-0.2, -0.15) is 0 Å². The van der Waals surface area contributed by atoms with E-state index < -0.39 is 5.97 Å². The highest BCUT2D eigenvalue weighted by molar-refractivity contribution is 8.04. The summed E-state index contributed by atoms with van der Waals surface area (Å²) in [7, 11) is 3.10. The second kappa shape index (κ2) is 10.2. The number of nitrogens with zero attached hydrogens (tertiary/aromatic N) is 2. The van der Waals surface area contributed by atoms with Crippen LogP contribution in [0.5, 0.6) is 17.2 Å². The maximum atomic E-state index is 11.8. The molecule has 0 aliphatic carbocycles. The van der Waals surface area contributed by atoms with Crippen molar-refractivity contribution in [2.45, 2.75) is 5.16 Å². The molecule has 8 nitrogen and oxygen atoms in total. The number of methoxy groups -OCH3 is 2. The Kier molecular flexibility index (Phi) is 7.19. The third-order valence-electron chi connectivity index (χ3n) is 4.02. The summed E-state index contributed by atoms with van der Waals surface area (Å²) >= 11 is 0.909. The number of ether oxygens (including phenoxy) is 3. The van der Waals surface area contributed by atoms with Crippen molar-refractivity contribution in [3.63, 3.8) is 0 Å². The maximum absolute atomic E-state index is 11.8. The SMILES string of the molecule is C#CCOc1ccccc1/C=C(\Sc1n[nH]c(-c2cc(OC)cc(OC)c2)n1)C(=O)O. The molecule has 0 spiro atoms. The number of aromatic amines is 1. The Balaban J connectivity index is 1.88. The number of carbonyl (C=O) groups is 1. The predicted molar refractivity (Wildman–Crippen MR) is 117 cm³/mol. The van der Waals surface area contributed by atoms with Gasteiger partial charge in [0.15, 0.2) is 5.82 Å². The number of terminal acetylenes is 1. The van der Waals surface area contributed by atoms with Gasteiger partial charge in [0.25, 0.3) is 0 Å². The lowest BCUT2D eigenvalue weighted by atomic mass is 10.2. The number of aliphatic carboxylic acids is 1. The topological polar surface area (TPSA) is 107 Å². The molecule has 9 heteroatoms. The summed E-state index contributed by atoms with van der Waals surface area (Å²) in [6.45, 7) is 0.0781. The number of H-pyrrole nitrogens is 1. The molecular formula is C22H19N3O5S. The summed E-state index contributed by atoms with van der Waals surface area (Å²) in [5.41, 5.74) is 1.26. The zero-order valence-electron chi connectivity index (χ0n) is 16.8. The van der Waals surface area contributed by atoms with Crippen molar-refractivity contribution >= 4 is 23.8 Å². The Bertz CT molecular complexity index is 1130. The van der Waals surface area contributed by atoms with Gasteiger partial charge in [-0.15, -0.1) is 11.5 Å². The van der Waals surface area contributed by atoms with Gasteiger partial charge in [-0.05, 0) is 36.0 Å². The number of carboxylic acids is 1. The fraction of sp³-hybridized carbons (Fsp3) is 0.136. The lowest BCUT2D eigenvalue weighted by Gasteiger charge is -2.07. The number of para-hydroxylation sites is 1. The molecule has 0 amide bonds. The van der Waals surface area contributed by atoms with Crippen molar-refractivity contribution in [3.05, 3.63) is 52.9 Å². The smallest absolute Gasteiger partial charge is 0.342 e. The first-order valence-corrected chi connectivity index (χ1v) is 9.79. The molecule has 3 rings (SSSR count). The zero-order valence-corrected chi connectivity index (χ0v) is 17.6. The molecule has 0 bridgehead atoms. The standard InChI is InChI=1S/C22H19N3O5S/c1-4-9-30-18-8-6-5-7-14(18)12-19(21(26)27)31-22-23-20(24-25-22)15-10-16(28-2)13-17(11-15)29-3/h1,5-8,10-13H,9H2,2-3H3,(H,26,27)(H,23,24,25)/b19-12-. The number of aromatic nitrogens is 3. The van der Waals surface area contributed by atoms with E-state index in [0.717, 1.165) is 11.8 Å². The van der Waals surface area contributed by atoms with Gasteiger partial charge in [-0.3, -0.25) is 5.10 Å². The molecule has 1 heterocycles. The molecule has 0 saturated carbocycles. The van der Waals surface area contributed by atoms with Gasteiger partial charge >= 0.3 is 5.97 Å². The van der Waals surface area contributed by atoms with E-state index in [2.05, 4.69) is 21.1 Å². The van der Waals surface area contributed by atoms with Crippen LogP contribution in [-0.2, 0) is 4.79 Å². The molecule has 0 aliphatic heterocycles. The largest absolute Gasteiger partial charge is 0.497 e. The van der Waals surface area contributed by atoms with Crippen LogP contribution in [0.3, 0.4) is 0 Å². The normalized spacial score (nSPS) is 10.9. The van der Waals surface area contributed by atoms with E-state index in [-0.39, 0.29) is 16.7 Å². The van der Waals surface area contributed by atoms with Gasteiger partial charge in [0.1, 0.15) is 28.8 Å². The van der Waals surface area contributed by atoms with Gasteiger partial charge < -0.3 is 19.3 Å². The monoisotopic (exact) mass is 437 g/mol. The fourth-order valence-electron chi connectivity index (χ4n) is 2.59. The van der Waals surface area contributed by atoms with Crippen molar-refractivity contribution in [1.82, 2.24) is 15.2 Å². The number of hydrogen-bond donors (Lipinski definition) is 2. The second-order valence-electron chi connectivity index (χ2n) is 6.01. The Morgan fingerprint density at radius 2 is 1.94 bits per heavy atom. The van der Waals surface area contributed by atoms with Crippen molar-refractivity contribution in [1.29, 1.82) is 0 Å². The lowest BCUT2D eigenvalue weighted by molar-refractivity contribution is -0.131. The molecule has 31 heavy (non-hydrogen) atoms. The highest BCUT2D eigenvalue weighted by Crippen LogP contribution is 2.32. The maximum Gasteiger partial charge on any atom is 0.342 e. The van der Waals surface area contributed by atoms with E-state index in [9.17, 15) is 9.90 Å². The van der Waals surface area contributed by atoms with E-state index in [1.165, 1.54) is 6.08 Å². The first-order chi connectivity index (χ1) is 15.0. The van der Waals surface area contributed by atoms with Crippen LogP contribution in [0.4, 0.5) is 0 Å². The first-order valence-electron chi connectivity index (χ1n) is 8.98. The quantitative estimate of drug-likeness (QED) is 0.296. The number of thioether (sulfide) groups is 1. The summed E-state index contributed by atoms with van der Waals surface area (Å²) in [6.07, 6.45) is 6.73. The van der Waals surface area contributed by atoms with E-state index >= 15 is 0 Å². The highest BCUT2D eigenvalue weighted by Gasteiger charge is 2.16. The van der Waals surface area contributed by atoms with Crippen LogP contribution in [0.1, 0.15) is 5.56 Å². The summed E-state index contributed by atoms with van der Waals surface area (Å²) < 4.78 is 16.0. The summed E-state index contributed by atoms with van der Waals surface area (Å²) in [5.74, 6) is 3.38. The van der Waals surface area contributed by atoms with E-state index in [1.54, 1.807) is 56.7 Å². The van der Waals surface area contributed by atoms with Crippen LogP contribution in [0.2, 0.25) is 0 Å². The molecule has 0 atom stereocenters. The van der Waals surface area contributed by atoms with Crippen molar-refractivity contribution in [2.75, 3.05) is 20.8 Å². The van der Waals surface area contributed by atoms with Crippen molar-refractivity contribution < 1.29 is 24.1 Å². The van der Waals surface area contributed by atoms with Gasteiger partial charge in [-0.25, -0.2) is 9.78 Å². The number of hydrogen-bond acceptors (Lipinski definition) is 7. The van der Waals surface area contributed by atoms with Gasteiger partial charge in [0.05, 0.1) is 14.2 Å². The summed E-state index contributed by atoms with van der Waals surface area (Å²) in [4.78, 5) is 16.2.